The third kappa shape index (κ3) is 3.99. The molecule has 0 atom stereocenters. The van der Waals surface area contributed by atoms with Crippen molar-refractivity contribution >= 4 is 0 Å². The molecule has 0 heterocycles. The summed E-state index contributed by atoms with van der Waals surface area (Å²) in [4.78, 5) is 0. The van der Waals surface area contributed by atoms with Crippen LogP contribution in [0.15, 0.2) is 0 Å². The van der Waals surface area contributed by atoms with Gasteiger partial charge in [-0.25, -0.2) is 0 Å². The second-order valence-electron chi connectivity index (χ2n) is 10.5. The van der Waals surface area contributed by atoms with Crippen LogP contribution in [-0.2, 0) is 0 Å². The summed E-state index contributed by atoms with van der Waals surface area (Å²) in [6.07, 6.45) is 2.59. The summed E-state index contributed by atoms with van der Waals surface area (Å²) >= 11 is 0. The maximum Gasteiger partial charge on any atom is -0.0228 e. The fraction of sp³-hybridized carbons (Fsp3) is 1.00. The SMILES string of the molecule is CC(C)(C)C(C)(C)CCC(C)(C(C)(C)C)C(C)(C)C. The Balaban J connectivity index is 5.22. The highest BCUT2D eigenvalue weighted by atomic mass is 14.5. The van der Waals surface area contributed by atoms with E-state index >= 15 is 0 Å². The third-order valence-corrected chi connectivity index (χ3v) is 6.59. The minimum Gasteiger partial charge on any atom is -0.0597 e. The van der Waals surface area contributed by atoms with Crippen LogP contribution in [0.5, 0.6) is 0 Å². The van der Waals surface area contributed by atoms with Crippen molar-refractivity contribution in [2.75, 3.05) is 0 Å². The van der Waals surface area contributed by atoms with Gasteiger partial charge in [-0.3, -0.25) is 0 Å². The molecule has 19 heavy (non-hydrogen) atoms. The number of hydrogen-bond acceptors (Lipinski definition) is 0. The summed E-state index contributed by atoms with van der Waals surface area (Å²) in [7, 11) is 0. The summed E-state index contributed by atoms with van der Waals surface area (Å²) in [6, 6.07) is 0. The maximum atomic E-state index is 2.49. The van der Waals surface area contributed by atoms with Crippen molar-refractivity contribution in [1.82, 2.24) is 0 Å². The molecule has 0 heteroatoms. The molecule has 0 nitrogen and oxygen atoms in total. The molecule has 0 saturated carbocycles. The highest BCUT2D eigenvalue weighted by molar-refractivity contribution is 4.97. The van der Waals surface area contributed by atoms with E-state index in [0.717, 1.165) is 0 Å². The Morgan fingerprint density at radius 1 is 0.421 bits per heavy atom. The molecule has 0 fully saturated rings. The smallest absolute Gasteiger partial charge is 0.0228 e. The van der Waals surface area contributed by atoms with Crippen molar-refractivity contribution in [3.05, 3.63) is 0 Å². The first kappa shape index (κ1) is 19.0. The standard InChI is InChI=1S/C19H40/c1-15(2,3)18(10,11)13-14-19(12,16(4,5)6)17(7,8)9/h13-14H2,1-12H3. The van der Waals surface area contributed by atoms with Gasteiger partial charge in [0.05, 0.1) is 0 Å². The van der Waals surface area contributed by atoms with Gasteiger partial charge in [-0.05, 0) is 39.9 Å². The fourth-order valence-electron chi connectivity index (χ4n) is 2.81. The van der Waals surface area contributed by atoms with Gasteiger partial charge < -0.3 is 0 Å². The Bertz CT molecular complexity index is 271. The molecule has 0 radical (unpaired) electrons. The van der Waals surface area contributed by atoms with Gasteiger partial charge in [0.15, 0.2) is 0 Å². The van der Waals surface area contributed by atoms with Crippen LogP contribution in [-0.4, -0.2) is 0 Å². The summed E-state index contributed by atoms with van der Waals surface area (Å²) in [6.45, 7) is 28.9. The fourth-order valence-corrected chi connectivity index (χ4v) is 2.81. The number of rotatable bonds is 3. The summed E-state index contributed by atoms with van der Waals surface area (Å²) in [5.41, 5.74) is 1.76. The molecule has 116 valence electrons. The first-order valence-electron chi connectivity index (χ1n) is 7.96. The zero-order valence-corrected chi connectivity index (χ0v) is 15.9. The molecule has 0 aromatic rings. The van der Waals surface area contributed by atoms with Crippen LogP contribution in [0.1, 0.15) is 95.9 Å². The Hall–Kier alpha value is 0. The first-order chi connectivity index (χ1) is 7.96. The van der Waals surface area contributed by atoms with E-state index in [1.807, 2.05) is 0 Å². The molecule has 0 aromatic carbocycles. The molecular weight excluding hydrogens is 228 g/mol. The van der Waals surface area contributed by atoms with Crippen LogP contribution >= 0.6 is 0 Å². The molecule has 0 aliphatic heterocycles. The summed E-state index contributed by atoms with van der Waals surface area (Å²) in [5.74, 6) is 0. The summed E-state index contributed by atoms with van der Waals surface area (Å²) in [5, 5.41) is 0. The van der Waals surface area contributed by atoms with E-state index in [9.17, 15) is 0 Å². The van der Waals surface area contributed by atoms with E-state index in [1.165, 1.54) is 12.8 Å². The van der Waals surface area contributed by atoms with Crippen LogP contribution in [0.4, 0.5) is 0 Å². The van der Waals surface area contributed by atoms with Crippen LogP contribution in [0.2, 0.25) is 0 Å². The predicted octanol–water partition coefficient (Wildman–Crippen LogP) is 6.94. The van der Waals surface area contributed by atoms with Crippen molar-refractivity contribution < 1.29 is 0 Å². The minimum absolute atomic E-state index is 0.333. The Morgan fingerprint density at radius 3 is 0.947 bits per heavy atom. The third-order valence-electron chi connectivity index (χ3n) is 6.59. The normalized spacial score (nSPS) is 15.8. The van der Waals surface area contributed by atoms with Crippen LogP contribution in [0.3, 0.4) is 0 Å². The van der Waals surface area contributed by atoms with E-state index < -0.39 is 0 Å². The van der Waals surface area contributed by atoms with Crippen molar-refractivity contribution in [2.45, 2.75) is 95.9 Å². The molecule has 0 unspecified atom stereocenters. The lowest BCUT2D eigenvalue weighted by atomic mass is 9.51. The first-order valence-corrected chi connectivity index (χ1v) is 7.96. The van der Waals surface area contributed by atoms with Crippen LogP contribution in [0.25, 0.3) is 0 Å². The van der Waals surface area contributed by atoms with Crippen LogP contribution in [0, 0.1) is 27.1 Å². The van der Waals surface area contributed by atoms with Crippen molar-refractivity contribution in [3.8, 4) is 0 Å². The van der Waals surface area contributed by atoms with Gasteiger partial charge in [0, 0.05) is 0 Å². The molecule has 0 aromatic heterocycles. The second kappa shape index (κ2) is 5.08. The molecule has 0 rings (SSSR count). The molecular formula is C19H40. The van der Waals surface area contributed by atoms with Gasteiger partial charge >= 0.3 is 0 Å². The Morgan fingerprint density at radius 2 is 0.737 bits per heavy atom. The molecule has 0 bridgehead atoms. The average Bonchev–Trinajstić information content (AvgIpc) is 2.08. The zero-order chi connectivity index (χ0) is 15.9. The topological polar surface area (TPSA) is 0 Å². The number of hydrogen-bond donors (Lipinski definition) is 0. The predicted molar refractivity (Wildman–Crippen MR) is 89.5 cm³/mol. The highest BCUT2D eigenvalue weighted by Crippen LogP contribution is 2.56. The van der Waals surface area contributed by atoms with E-state index in [1.54, 1.807) is 0 Å². The Labute approximate surface area is 123 Å². The summed E-state index contributed by atoms with van der Waals surface area (Å²) < 4.78 is 0. The van der Waals surface area contributed by atoms with E-state index in [4.69, 9.17) is 0 Å². The maximum absolute atomic E-state index is 2.49. The van der Waals surface area contributed by atoms with Gasteiger partial charge in [0.25, 0.3) is 0 Å². The molecule has 0 spiro atoms. The van der Waals surface area contributed by atoms with Gasteiger partial charge in [-0.2, -0.15) is 0 Å². The minimum atomic E-state index is 0.333. The largest absolute Gasteiger partial charge is 0.0597 e. The van der Waals surface area contributed by atoms with Gasteiger partial charge in [-0.1, -0.05) is 83.1 Å². The van der Waals surface area contributed by atoms with Crippen molar-refractivity contribution in [3.63, 3.8) is 0 Å². The Kier molecular flexibility index (Phi) is 5.08. The lowest BCUT2D eigenvalue weighted by Gasteiger charge is -2.53. The van der Waals surface area contributed by atoms with E-state index in [2.05, 4.69) is 83.1 Å². The van der Waals surface area contributed by atoms with Gasteiger partial charge in [-0.15, -0.1) is 0 Å². The molecule has 0 saturated heterocycles. The van der Waals surface area contributed by atoms with Crippen molar-refractivity contribution in [1.29, 1.82) is 0 Å². The highest BCUT2D eigenvalue weighted by Gasteiger charge is 2.47. The second-order valence-corrected chi connectivity index (χ2v) is 10.5. The zero-order valence-electron chi connectivity index (χ0n) is 15.9. The average molecular weight is 269 g/mol. The lowest BCUT2D eigenvalue weighted by molar-refractivity contribution is -0.0402. The molecule has 0 aliphatic carbocycles. The van der Waals surface area contributed by atoms with Crippen LogP contribution < -0.4 is 0 Å². The van der Waals surface area contributed by atoms with E-state index in [-0.39, 0.29) is 0 Å². The molecule has 0 aliphatic rings. The van der Waals surface area contributed by atoms with Gasteiger partial charge in [0.2, 0.25) is 0 Å². The monoisotopic (exact) mass is 268 g/mol. The molecule has 0 amide bonds. The van der Waals surface area contributed by atoms with Gasteiger partial charge in [0.1, 0.15) is 0 Å². The van der Waals surface area contributed by atoms with E-state index in [0.29, 0.717) is 27.1 Å². The molecule has 0 N–H and O–H groups in total. The van der Waals surface area contributed by atoms with Crippen molar-refractivity contribution in [2.24, 2.45) is 27.1 Å². The lowest BCUT2D eigenvalue weighted by Crippen LogP contribution is -2.45. The quantitative estimate of drug-likeness (QED) is 0.520.